The number of hydrogen-bond donors (Lipinski definition) is 3. The third-order valence-corrected chi connectivity index (χ3v) is 8.07. The molecule has 12 nitrogen and oxygen atoms in total. The second-order valence-corrected chi connectivity index (χ2v) is 11.6. The summed E-state index contributed by atoms with van der Waals surface area (Å²) < 4.78 is 34.0. The maximum absolute atomic E-state index is 12.7. The van der Waals surface area contributed by atoms with Crippen LogP contribution in [0.3, 0.4) is 0 Å². The number of rotatable bonds is 9. The Hall–Kier alpha value is -4.25. The summed E-state index contributed by atoms with van der Waals surface area (Å²) in [5, 5.41) is 15.9. The quantitative estimate of drug-likeness (QED) is 0.321. The van der Waals surface area contributed by atoms with Crippen LogP contribution in [0.25, 0.3) is 0 Å². The Bertz CT molecular complexity index is 1550. The number of carbonyl (C=O) groups is 2. The van der Waals surface area contributed by atoms with Gasteiger partial charge in [0.05, 0.1) is 6.54 Å². The summed E-state index contributed by atoms with van der Waals surface area (Å²) in [7, 11) is -3.92. The van der Waals surface area contributed by atoms with Crippen LogP contribution in [0.1, 0.15) is 46.9 Å². The first-order valence-corrected chi connectivity index (χ1v) is 14.5. The predicted octanol–water partition coefficient (Wildman–Crippen LogP) is 1.77. The van der Waals surface area contributed by atoms with Gasteiger partial charge in [0, 0.05) is 55.3 Å². The van der Waals surface area contributed by atoms with Crippen molar-refractivity contribution < 1.29 is 27.6 Å². The molecule has 2 aromatic heterocycles. The maximum Gasteiger partial charge on any atom is 0.322 e. The zero-order chi connectivity index (χ0) is 29.6. The number of aryl methyl sites for hydroxylation is 1. The summed E-state index contributed by atoms with van der Waals surface area (Å²) in [6, 6.07) is 11.5. The molecule has 0 unspecified atom stereocenters. The van der Waals surface area contributed by atoms with Gasteiger partial charge in [-0.25, -0.2) is 0 Å². The standard InChI is InChI=1S/C28H32N6O6S/c1-19(2)26(28(36)37)32-41(38,39)34-14-12-33(13-15-34)24-8-6-21(7-9-24)4-5-22-10-11-29-25(17-22)27(35)30-18-23-16-20(3)40-31-23/h6-11,16-17,19,26,32H,12-15,18H2,1-3H3,(H,30,35)(H,36,37)/t26-/m1/s1. The van der Waals surface area contributed by atoms with Crippen molar-refractivity contribution in [3.05, 3.63) is 76.9 Å². The van der Waals surface area contributed by atoms with E-state index < -0.39 is 22.2 Å². The average Bonchev–Trinajstić information content (AvgIpc) is 3.38. The molecule has 1 atom stereocenters. The SMILES string of the molecule is Cc1cc(CNC(=O)c2cc(C#Cc3ccc(N4CCN(S(=O)(=O)N[C@@H](C(=O)O)C(C)C)CC4)cc3)ccn2)no1. The molecule has 1 saturated heterocycles. The monoisotopic (exact) mass is 580 g/mol. The molecule has 0 radical (unpaired) electrons. The van der Waals surface area contributed by atoms with Crippen LogP contribution in [0.5, 0.6) is 0 Å². The van der Waals surface area contributed by atoms with Crippen LogP contribution in [-0.2, 0) is 21.5 Å². The van der Waals surface area contributed by atoms with Crippen molar-refractivity contribution in [2.45, 2.75) is 33.4 Å². The van der Waals surface area contributed by atoms with Gasteiger partial charge >= 0.3 is 5.97 Å². The molecule has 0 saturated carbocycles. The Morgan fingerprint density at radius 3 is 2.34 bits per heavy atom. The molecule has 216 valence electrons. The summed E-state index contributed by atoms with van der Waals surface area (Å²) in [6.07, 6.45) is 1.53. The normalized spacial score (nSPS) is 14.8. The molecule has 1 amide bonds. The third kappa shape index (κ3) is 7.91. The Morgan fingerprint density at radius 1 is 1.05 bits per heavy atom. The molecule has 1 aliphatic rings. The van der Waals surface area contributed by atoms with Crippen molar-refractivity contribution >= 4 is 27.8 Å². The van der Waals surface area contributed by atoms with Crippen molar-refractivity contribution in [2.24, 2.45) is 5.92 Å². The van der Waals surface area contributed by atoms with E-state index in [1.54, 1.807) is 39.0 Å². The largest absolute Gasteiger partial charge is 0.480 e. The Labute approximate surface area is 238 Å². The summed E-state index contributed by atoms with van der Waals surface area (Å²) in [6.45, 7) is 6.71. The minimum absolute atomic E-state index is 0.227. The van der Waals surface area contributed by atoms with E-state index in [0.29, 0.717) is 30.1 Å². The lowest BCUT2D eigenvalue weighted by molar-refractivity contribution is -0.140. The molecule has 0 spiro atoms. The molecule has 3 N–H and O–H groups in total. The fraction of sp³-hybridized carbons (Fsp3) is 0.357. The number of amides is 1. The zero-order valence-electron chi connectivity index (χ0n) is 23.0. The molecular weight excluding hydrogens is 548 g/mol. The molecule has 1 fully saturated rings. The first kappa shape index (κ1) is 29.7. The van der Waals surface area contributed by atoms with Crippen molar-refractivity contribution in [1.29, 1.82) is 0 Å². The highest BCUT2D eigenvalue weighted by Crippen LogP contribution is 2.19. The number of piperazine rings is 1. The lowest BCUT2D eigenvalue weighted by Gasteiger charge is -2.36. The van der Waals surface area contributed by atoms with E-state index in [9.17, 15) is 23.1 Å². The third-order valence-electron chi connectivity index (χ3n) is 6.47. The van der Waals surface area contributed by atoms with Crippen molar-refractivity contribution in [1.82, 2.24) is 24.5 Å². The molecule has 3 heterocycles. The number of carboxylic acids is 1. The molecule has 3 aromatic rings. The molecule has 1 aromatic carbocycles. The number of aromatic nitrogens is 2. The summed E-state index contributed by atoms with van der Waals surface area (Å²) >= 11 is 0. The first-order valence-electron chi connectivity index (χ1n) is 13.1. The smallest absolute Gasteiger partial charge is 0.322 e. The van der Waals surface area contributed by atoms with Crippen molar-refractivity contribution in [3.63, 3.8) is 0 Å². The van der Waals surface area contributed by atoms with Gasteiger partial charge in [-0.3, -0.25) is 14.6 Å². The number of hydrogen-bond acceptors (Lipinski definition) is 8. The molecule has 0 bridgehead atoms. The second-order valence-electron chi connectivity index (χ2n) is 9.91. The van der Waals surface area contributed by atoms with E-state index in [-0.39, 0.29) is 37.2 Å². The minimum Gasteiger partial charge on any atom is -0.480 e. The van der Waals surface area contributed by atoms with Crippen molar-refractivity contribution in [3.8, 4) is 11.8 Å². The fourth-order valence-electron chi connectivity index (χ4n) is 4.19. The summed E-state index contributed by atoms with van der Waals surface area (Å²) in [5.41, 5.74) is 3.20. The van der Waals surface area contributed by atoms with Crippen LogP contribution in [0, 0.1) is 24.7 Å². The van der Waals surface area contributed by atoms with Gasteiger partial charge in [0.1, 0.15) is 23.2 Å². The van der Waals surface area contributed by atoms with Crippen LogP contribution in [0.2, 0.25) is 0 Å². The van der Waals surface area contributed by atoms with E-state index >= 15 is 0 Å². The molecule has 0 aliphatic carbocycles. The Balaban J connectivity index is 1.32. The topological polar surface area (TPSA) is 158 Å². The number of nitrogens with zero attached hydrogens (tertiary/aromatic N) is 4. The maximum atomic E-state index is 12.7. The number of anilines is 1. The number of benzene rings is 1. The fourth-order valence-corrected chi connectivity index (χ4v) is 5.68. The van der Waals surface area contributed by atoms with Gasteiger partial charge in [-0.15, -0.1) is 0 Å². The lowest BCUT2D eigenvalue weighted by Crippen LogP contribution is -2.55. The highest BCUT2D eigenvalue weighted by Gasteiger charge is 2.32. The molecule has 4 rings (SSSR count). The molecule has 13 heteroatoms. The molecular formula is C28H32N6O6S. The Morgan fingerprint density at radius 2 is 1.73 bits per heavy atom. The van der Waals surface area contributed by atoms with Crippen LogP contribution in [0.4, 0.5) is 5.69 Å². The highest BCUT2D eigenvalue weighted by molar-refractivity contribution is 7.87. The van der Waals surface area contributed by atoms with Gasteiger partial charge < -0.3 is 19.8 Å². The van der Waals surface area contributed by atoms with Gasteiger partial charge in [-0.05, 0) is 49.2 Å². The van der Waals surface area contributed by atoms with E-state index in [1.807, 2.05) is 24.3 Å². The minimum atomic E-state index is -3.92. The van der Waals surface area contributed by atoms with Crippen LogP contribution in [-0.4, -0.2) is 72.1 Å². The highest BCUT2D eigenvalue weighted by atomic mass is 32.2. The molecule has 41 heavy (non-hydrogen) atoms. The van der Waals surface area contributed by atoms with Crippen LogP contribution in [0.15, 0.2) is 53.2 Å². The second kappa shape index (κ2) is 12.9. The zero-order valence-corrected chi connectivity index (χ0v) is 23.8. The molecule has 1 aliphatic heterocycles. The number of carbonyl (C=O) groups excluding carboxylic acids is 1. The first-order chi connectivity index (χ1) is 19.5. The number of pyridine rings is 1. The Kier molecular flexibility index (Phi) is 9.38. The van der Waals surface area contributed by atoms with Gasteiger partial charge in [0.15, 0.2) is 0 Å². The van der Waals surface area contributed by atoms with E-state index in [4.69, 9.17) is 4.52 Å². The van der Waals surface area contributed by atoms with Gasteiger partial charge in [-0.1, -0.05) is 30.8 Å². The van der Waals surface area contributed by atoms with E-state index in [0.717, 1.165) is 11.3 Å². The summed E-state index contributed by atoms with van der Waals surface area (Å²) in [4.78, 5) is 30.1. The van der Waals surface area contributed by atoms with E-state index in [2.05, 4.69) is 36.9 Å². The number of carboxylic acid groups (broad SMARTS) is 1. The van der Waals surface area contributed by atoms with E-state index in [1.165, 1.54) is 10.5 Å². The van der Waals surface area contributed by atoms with Crippen molar-refractivity contribution in [2.75, 3.05) is 31.1 Å². The van der Waals surface area contributed by atoms with Crippen LogP contribution >= 0.6 is 0 Å². The van der Waals surface area contributed by atoms with Gasteiger partial charge in [0.2, 0.25) is 0 Å². The number of nitrogens with one attached hydrogen (secondary N) is 2. The van der Waals surface area contributed by atoms with Gasteiger partial charge in [-0.2, -0.15) is 17.4 Å². The summed E-state index contributed by atoms with van der Waals surface area (Å²) in [5.74, 6) is 4.88. The van der Waals surface area contributed by atoms with Gasteiger partial charge in [0.25, 0.3) is 16.1 Å². The van der Waals surface area contributed by atoms with Crippen LogP contribution < -0.4 is 14.9 Å². The number of aliphatic carboxylic acids is 1. The average molecular weight is 581 g/mol. The predicted molar refractivity (Wildman–Crippen MR) is 151 cm³/mol. The lowest BCUT2D eigenvalue weighted by atomic mass is 10.1.